The molecule has 0 aliphatic carbocycles. The number of nitrogens with one attached hydrogen (secondary N) is 1. The Labute approximate surface area is 109 Å². The van der Waals surface area contributed by atoms with E-state index in [4.69, 9.17) is 4.74 Å². The Kier molecular flexibility index (Phi) is 2.98. The second-order valence-corrected chi connectivity index (χ2v) is 4.85. The number of aromatic nitrogens is 2. The van der Waals surface area contributed by atoms with Gasteiger partial charge in [-0.1, -0.05) is 0 Å². The molecule has 7 nitrogen and oxygen atoms in total. The monoisotopic (exact) mass is 265 g/mol. The normalized spacial score (nSPS) is 26.2. The number of amides is 1. The third-order valence-electron chi connectivity index (χ3n) is 3.67. The molecule has 2 unspecified atom stereocenters. The van der Waals surface area contributed by atoms with Gasteiger partial charge in [-0.25, -0.2) is 9.78 Å². The third-order valence-corrected chi connectivity index (χ3v) is 3.67. The molecule has 0 spiro atoms. The Hall–Kier alpha value is -1.89. The minimum Gasteiger partial charge on any atom is -0.480 e. The standard InChI is InChI=1S/C12H15N3O4/c16-11(10-2-1-3-19-10)15-5-8-7(13-6-14-8)4-9(15)12(17)18/h6,9-10H,1-5H2,(H,13,14)(H,17,18). The van der Waals surface area contributed by atoms with Gasteiger partial charge in [-0.2, -0.15) is 0 Å². The van der Waals surface area contributed by atoms with Gasteiger partial charge in [-0.15, -0.1) is 0 Å². The zero-order valence-corrected chi connectivity index (χ0v) is 10.3. The summed E-state index contributed by atoms with van der Waals surface area (Å²) in [6, 6.07) is -0.854. The zero-order valence-electron chi connectivity index (χ0n) is 10.3. The molecule has 19 heavy (non-hydrogen) atoms. The minimum atomic E-state index is -1.00. The van der Waals surface area contributed by atoms with Crippen LogP contribution in [-0.2, 0) is 27.3 Å². The molecule has 3 heterocycles. The Balaban J connectivity index is 1.85. The van der Waals surface area contributed by atoms with E-state index in [0.717, 1.165) is 17.8 Å². The van der Waals surface area contributed by atoms with Gasteiger partial charge in [0.25, 0.3) is 5.91 Å². The number of ether oxygens (including phenoxy) is 1. The lowest BCUT2D eigenvalue weighted by molar-refractivity contribution is -0.156. The number of hydrogen-bond acceptors (Lipinski definition) is 4. The van der Waals surface area contributed by atoms with E-state index in [1.54, 1.807) is 0 Å². The number of carboxylic acids is 1. The van der Waals surface area contributed by atoms with E-state index in [-0.39, 0.29) is 18.9 Å². The predicted molar refractivity (Wildman–Crippen MR) is 63.2 cm³/mol. The Bertz CT molecular complexity index is 507. The van der Waals surface area contributed by atoms with Crippen LogP contribution in [0.25, 0.3) is 0 Å². The van der Waals surface area contributed by atoms with Gasteiger partial charge in [-0.05, 0) is 12.8 Å². The second kappa shape index (κ2) is 4.65. The molecule has 2 atom stereocenters. The summed E-state index contributed by atoms with van der Waals surface area (Å²) in [7, 11) is 0. The number of carbonyl (C=O) groups is 2. The molecular weight excluding hydrogens is 250 g/mol. The Morgan fingerprint density at radius 3 is 3.05 bits per heavy atom. The quantitative estimate of drug-likeness (QED) is 0.780. The van der Waals surface area contributed by atoms with Crippen molar-refractivity contribution in [2.75, 3.05) is 6.61 Å². The number of imidazole rings is 1. The van der Waals surface area contributed by atoms with Gasteiger partial charge >= 0.3 is 5.97 Å². The van der Waals surface area contributed by atoms with Crippen LogP contribution >= 0.6 is 0 Å². The number of fused-ring (bicyclic) bond motifs is 1. The van der Waals surface area contributed by atoms with Gasteiger partial charge in [0.05, 0.1) is 24.3 Å². The van der Waals surface area contributed by atoms with Crippen LogP contribution in [0.4, 0.5) is 0 Å². The Morgan fingerprint density at radius 1 is 1.53 bits per heavy atom. The maximum absolute atomic E-state index is 12.4. The second-order valence-electron chi connectivity index (χ2n) is 4.85. The summed E-state index contributed by atoms with van der Waals surface area (Å²) >= 11 is 0. The summed E-state index contributed by atoms with van der Waals surface area (Å²) in [4.78, 5) is 32.1. The van der Waals surface area contributed by atoms with Crippen molar-refractivity contribution in [3.8, 4) is 0 Å². The summed E-state index contributed by atoms with van der Waals surface area (Å²) < 4.78 is 5.36. The first kappa shape index (κ1) is 12.2. The number of carboxylic acid groups (broad SMARTS) is 1. The number of rotatable bonds is 2. The molecule has 2 aliphatic heterocycles. The van der Waals surface area contributed by atoms with Crippen molar-refractivity contribution < 1.29 is 19.4 Å². The molecule has 0 aromatic carbocycles. The number of H-pyrrole nitrogens is 1. The summed E-state index contributed by atoms with van der Waals surface area (Å²) in [6.45, 7) is 0.822. The molecule has 2 N–H and O–H groups in total. The lowest BCUT2D eigenvalue weighted by Crippen LogP contribution is -2.51. The van der Waals surface area contributed by atoms with Crippen LogP contribution in [0.5, 0.6) is 0 Å². The van der Waals surface area contributed by atoms with Gasteiger partial charge < -0.3 is 19.7 Å². The van der Waals surface area contributed by atoms with Crippen molar-refractivity contribution in [3.63, 3.8) is 0 Å². The van der Waals surface area contributed by atoms with Crippen molar-refractivity contribution in [2.45, 2.75) is 38.0 Å². The number of aromatic amines is 1. The lowest BCUT2D eigenvalue weighted by atomic mass is 10.0. The number of nitrogens with zero attached hydrogens (tertiary/aromatic N) is 2. The van der Waals surface area contributed by atoms with E-state index >= 15 is 0 Å². The van der Waals surface area contributed by atoms with E-state index in [1.165, 1.54) is 11.2 Å². The van der Waals surface area contributed by atoms with Gasteiger partial charge in [0.1, 0.15) is 12.1 Å². The van der Waals surface area contributed by atoms with Crippen LogP contribution in [0.1, 0.15) is 24.2 Å². The fourth-order valence-electron chi connectivity index (χ4n) is 2.65. The summed E-state index contributed by atoms with van der Waals surface area (Å²) in [5.74, 6) is -1.23. The summed E-state index contributed by atoms with van der Waals surface area (Å²) in [6.07, 6.45) is 2.79. The minimum absolute atomic E-state index is 0.231. The van der Waals surface area contributed by atoms with Crippen molar-refractivity contribution in [1.82, 2.24) is 14.9 Å². The molecule has 1 fully saturated rings. The molecule has 1 aromatic rings. The number of hydrogen-bond donors (Lipinski definition) is 2. The van der Waals surface area contributed by atoms with Crippen LogP contribution in [0.15, 0.2) is 6.33 Å². The van der Waals surface area contributed by atoms with Gasteiger partial charge in [0, 0.05) is 13.0 Å². The molecule has 0 saturated carbocycles. The highest BCUT2D eigenvalue weighted by Gasteiger charge is 2.39. The van der Waals surface area contributed by atoms with E-state index in [2.05, 4.69) is 9.97 Å². The molecule has 0 radical (unpaired) electrons. The fraction of sp³-hybridized carbons (Fsp3) is 0.583. The SMILES string of the molecule is O=C(O)C1Cc2nc[nH]c2CN1C(=O)C1CCCO1. The smallest absolute Gasteiger partial charge is 0.326 e. The summed E-state index contributed by atoms with van der Waals surface area (Å²) in [5.41, 5.74) is 1.53. The van der Waals surface area contributed by atoms with Crippen LogP contribution in [0.2, 0.25) is 0 Å². The molecule has 1 aromatic heterocycles. The van der Waals surface area contributed by atoms with Crippen LogP contribution in [0, 0.1) is 0 Å². The first-order chi connectivity index (χ1) is 9.16. The fourth-order valence-corrected chi connectivity index (χ4v) is 2.65. The van der Waals surface area contributed by atoms with Crippen molar-refractivity contribution in [1.29, 1.82) is 0 Å². The topological polar surface area (TPSA) is 95.5 Å². The molecule has 3 rings (SSSR count). The highest BCUT2D eigenvalue weighted by molar-refractivity contribution is 5.87. The third kappa shape index (κ3) is 2.10. The summed E-state index contributed by atoms with van der Waals surface area (Å²) in [5, 5.41) is 9.29. The van der Waals surface area contributed by atoms with E-state index in [9.17, 15) is 14.7 Å². The van der Waals surface area contributed by atoms with Crippen molar-refractivity contribution in [2.24, 2.45) is 0 Å². The maximum Gasteiger partial charge on any atom is 0.326 e. The highest BCUT2D eigenvalue weighted by atomic mass is 16.5. The van der Waals surface area contributed by atoms with E-state index in [1.807, 2.05) is 0 Å². The molecule has 102 valence electrons. The molecule has 7 heteroatoms. The van der Waals surface area contributed by atoms with Crippen molar-refractivity contribution >= 4 is 11.9 Å². The van der Waals surface area contributed by atoms with Crippen LogP contribution in [-0.4, -0.2) is 50.6 Å². The average Bonchev–Trinajstić information content (AvgIpc) is 3.06. The molecule has 1 amide bonds. The first-order valence-electron chi connectivity index (χ1n) is 6.33. The lowest BCUT2D eigenvalue weighted by Gasteiger charge is -2.33. The van der Waals surface area contributed by atoms with Gasteiger partial charge in [0.2, 0.25) is 0 Å². The van der Waals surface area contributed by atoms with E-state index < -0.39 is 18.1 Å². The largest absolute Gasteiger partial charge is 0.480 e. The Morgan fingerprint density at radius 2 is 2.37 bits per heavy atom. The number of aliphatic carboxylic acids is 1. The first-order valence-corrected chi connectivity index (χ1v) is 6.33. The van der Waals surface area contributed by atoms with Crippen LogP contribution < -0.4 is 0 Å². The predicted octanol–water partition coefficient (Wildman–Crippen LogP) is -0.0734. The van der Waals surface area contributed by atoms with Gasteiger partial charge in [0.15, 0.2) is 0 Å². The molecule has 0 bridgehead atoms. The highest BCUT2D eigenvalue weighted by Crippen LogP contribution is 2.24. The average molecular weight is 265 g/mol. The van der Waals surface area contributed by atoms with Crippen molar-refractivity contribution in [3.05, 3.63) is 17.7 Å². The van der Waals surface area contributed by atoms with E-state index in [0.29, 0.717) is 13.0 Å². The number of carbonyl (C=O) groups excluding carboxylic acids is 1. The molecule has 2 aliphatic rings. The maximum atomic E-state index is 12.4. The molecule has 1 saturated heterocycles. The van der Waals surface area contributed by atoms with Gasteiger partial charge in [-0.3, -0.25) is 4.79 Å². The van der Waals surface area contributed by atoms with Crippen LogP contribution in [0.3, 0.4) is 0 Å². The zero-order chi connectivity index (χ0) is 13.4. The molecular formula is C12H15N3O4.